The quantitative estimate of drug-likeness (QED) is 0.224. The van der Waals surface area contributed by atoms with Gasteiger partial charge in [-0.2, -0.15) is 3.71 Å². The van der Waals surface area contributed by atoms with Gasteiger partial charge in [-0.3, -0.25) is 0 Å². The van der Waals surface area contributed by atoms with Crippen molar-refractivity contribution in [2.45, 2.75) is 25.4 Å². The maximum Gasteiger partial charge on any atom is 0.245 e. The standard InChI is InChI=1S/C26H24INO6S2/c1-35(29,30)28(36(2,31)32)23-15-24-22(14-21(23)18-8-9-18)25(27)26(34-24)19-10-12-20(13-11-19)33-16-17-6-4-3-5-7-17/h3-7,10-15,18H,8-9,16H2,1-2H3. The van der Waals surface area contributed by atoms with E-state index >= 15 is 0 Å². The van der Waals surface area contributed by atoms with Gasteiger partial charge in [0.1, 0.15) is 23.7 Å². The van der Waals surface area contributed by atoms with Crippen molar-refractivity contribution in [3.8, 4) is 17.1 Å². The molecule has 1 aromatic heterocycles. The summed E-state index contributed by atoms with van der Waals surface area (Å²) in [7, 11) is -8.14. The number of sulfonamides is 2. The van der Waals surface area contributed by atoms with Gasteiger partial charge in [-0.15, -0.1) is 0 Å². The molecule has 4 aromatic rings. The molecular formula is C26H24INO6S2. The third kappa shape index (κ3) is 5.12. The lowest BCUT2D eigenvalue weighted by Gasteiger charge is -2.22. The second-order valence-corrected chi connectivity index (χ2v) is 13.9. The molecule has 188 valence electrons. The van der Waals surface area contributed by atoms with Gasteiger partial charge >= 0.3 is 0 Å². The SMILES string of the molecule is CS(=O)(=O)N(c1cc2oc(-c3ccc(OCc4ccccc4)cc3)c(I)c2cc1C1CC1)S(C)(=O)=O. The van der Waals surface area contributed by atoms with Gasteiger partial charge in [-0.05, 0) is 82.8 Å². The fraction of sp³-hybridized carbons (Fsp3) is 0.231. The summed E-state index contributed by atoms with van der Waals surface area (Å²) in [5, 5.41) is 0.822. The van der Waals surface area contributed by atoms with E-state index in [0.29, 0.717) is 27.2 Å². The Morgan fingerprint density at radius 2 is 1.58 bits per heavy atom. The molecule has 1 aliphatic carbocycles. The molecule has 1 fully saturated rings. The molecule has 0 spiro atoms. The first-order valence-electron chi connectivity index (χ1n) is 11.3. The van der Waals surface area contributed by atoms with Crippen LogP contribution in [0, 0.1) is 3.57 Å². The summed E-state index contributed by atoms with van der Waals surface area (Å²) in [6.45, 7) is 0.465. The zero-order valence-electron chi connectivity index (χ0n) is 19.6. The predicted octanol–water partition coefficient (Wildman–Crippen LogP) is 5.89. The van der Waals surface area contributed by atoms with E-state index in [9.17, 15) is 16.8 Å². The highest BCUT2D eigenvalue weighted by Gasteiger charge is 2.35. The second kappa shape index (κ2) is 9.38. The molecule has 0 unspecified atom stereocenters. The van der Waals surface area contributed by atoms with E-state index in [2.05, 4.69) is 22.6 Å². The van der Waals surface area contributed by atoms with Gasteiger partial charge in [0.2, 0.25) is 20.0 Å². The van der Waals surface area contributed by atoms with E-state index in [4.69, 9.17) is 9.15 Å². The van der Waals surface area contributed by atoms with E-state index in [1.54, 1.807) is 0 Å². The summed E-state index contributed by atoms with van der Waals surface area (Å²) < 4.78 is 63.4. The van der Waals surface area contributed by atoms with Crippen molar-refractivity contribution in [3.63, 3.8) is 0 Å². The number of halogens is 1. The summed E-state index contributed by atoms with van der Waals surface area (Å²) in [4.78, 5) is 0. The first-order valence-corrected chi connectivity index (χ1v) is 16.0. The number of anilines is 1. The molecule has 5 rings (SSSR count). The molecule has 0 radical (unpaired) electrons. The number of nitrogens with zero attached hydrogens (tertiary/aromatic N) is 1. The van der Waals surface area contributed by atoms with E-state index in [1.807, 2.05) is 60.7 Å². The van der Waals surface area contributed by atoms with E-state index in [1.165, 1.54) is 6.07 Å². The van der Waals surface area contributed by atoms with Crippen LogP contribution in [0.1, 0.15) is 29.9 Å². The monoisotopic (exact) mass is 637 g/mol. The molecule has 1 aliphatic rings. The molecule has 0 atom stereocenters. The number of hydrogen-bond donors (Lipinski definition) is 0. The highest BCUT2D eigenvalue weighted by molar-refractivity contribution is 14.1. The zero-order chi connectivity index (χ0) is 25.7. The minimum absolute atomic E-state index is 0.116. The fourth-order valence-corrected chi connectivity index (χ4v) is 8.07. The summed E-state index contributed by atoms with van der Waals surface area (Å²) >= 11 is 2.22. The fourth-order valence-electron chi connectivity index (χ4n) is 4.23. The molecule has 36 heavy (non-hydrogen) atoms. The summed E-state index contributed by atoms with van der Waals surface area (Å²) in [5.74, 6) is 1.47. The third-order valence-electron chi connectivity index (χ3n) is 5.96. The first kappa shape index (κ1) is 25.1. The smallest absolute Gasteiger partial charge is 0.245 e. The number of fused-ring (bicyclic) bond motifs is 1. The molecule has 0 aliphatic heterocycles. The number of hydrogen-bond acceptors (Lipinski definition) is 6. The molecule has 0 saturated heterocycles. The van der Waals surface area contributed by atoms with E-state index in [0.717, 1.165) is 51.2 Å². The molecule has 3 aromatic carbocycles. The topological polar surface area (TPSA) is 93.9 Å². The van der Waals surface area contributed by atoms with Crippen molar-refractivity contribution in [1.82, 2.24) is 0 Å². The molecule has 0 N–H and O–H groups in total. The summed E-state index contributed by atoms with van der Waals surface area (Å²) in [6, 6.07) is 20.9. The van der Waals surface area contributed by atoms with Crippen LogP contribution in [-0.4, -0.2) is 29.3 Å². The van der Waals surface area contributed by atoms with Gasteiger partial charge in [0, 0.05) is 17.0 Å². The van der Waals surface area contributed by atoms with Crippen LogP contribution in [0.5, 0.6) is 5.75 Å². The van der Waals surface area contributed by atoms with Crippen LogP contribution in [0.3, 0.4) is 0 Å². The molecule has 1 saturated carbocycles. The number of rotatable bonds is 8. The Hall–Kier alpha value is -2.57. The normalized spacial score (nSPS) is 14.2. The van der Waals surface area contributed by atoms with Crippen LogP contribution < -0.4 is 8.45 Å². The van der Waals surface area contributed by atoms with Gasteiger partial charge in [-0.1, -0.05) is 30.3 Å². The minimum atomic E-state index is -4.07. The lowest BCUT2D eigenvalue weighted by molar-refractivity contribution is 0.306. The molecule has 0 amide bonds. The second-order valence-electron chi connectivity index (χ2n) is 8.95. The number of furan rings is 1. The maximum atomic E-state index is 12.5. The van der Waals surface area contributed by atoms with Gasteiger partial charge < -0.3 is 9.15 Å². The van der Waals surface area contributed by atoms with E-state index < -0.39 is 20.0 Å². The van der Waals surface area contributed by atoms with Crippen molar-refractivity contribution in [2.75, 3.05) is 16.2 Å². The van der Waals surface area contributed by atoms with Gasteiger partial charge in [0.05, 0.1) is 21.8 Å². The minimum Gasteiger partial charge on any atom is -0.489 e. The first-order chi connectivity index (χ1) is 17.0. The highest BCUT2D eigenvalue weighted by Crippen LogP contribution is 2.48. The Balaban J connectivity index is 1.52. The molecule has 7 nitrogen and oxygen atoms in total. The number of ether oxygens (including phenoxy) is 1. The zero-order valence-corrected chi connectivity index (χ0v) is 23.4. The van der Waals surface area contributed by atoms with Gasteiger partial charge in [-0.25, -0.2) is 16.8 Å². The van der Waals surface area contributed by atoms with Gasteiger partial charge in [0.25, 0.3) is 0 Å². The summed E-state index contributed by atoms with van der Waals surface area (Å²) in [6.07, 6.45) is 3.55. The molecule has 1 heterocycles. The van der Waals surface area contributed by atoms with Crippen molar-refractivity contribution < 1.29 is 26.0 Å². The van der Waals surface area contributed by atoms with Crippen molar-refractivity contribution in [1.29, 1.82) is 0 Å². The Morgan fingerprint density at radius 1 is 0.944 bits per heavy atom. The Kier molecular flexibility index (Phi) is 6.54. The predicted molar refractivity (Wildman–Crippen MR) is 149 cm³/mol. The maximum absolute atomic E-state index is 12.5. The molecule has 10 heteroatoms. The third-order valence-corrected chi connectivity index (χ3v) is 10.3. The van der Waals surface area contributed by atoms with Crippen LogP contribution in [0.15, 0.2) is 71.1 Å². The largest absolute Gasteiger partial charge is 0.489 e. The Labute approximate surface area is 224 Å². The average Bonchev–Trinajstić information content (AvgIpc) is 3.61. The average molecular weight is 638 g/mol. The highest BCUT2D eigenvalue weighted by atomic mass is 127. The van der Waals surface area contributed by atoms with Crippen LogP contribution in [0.2, 0.25) is 0 Å². The van der Waals surface area contributed by atoms with Crippen LogP contribution in [-0.2, 0) is 26.7 Å². The van der Waals surface area contributed by atoms with Gasteiger partial charge in [0.15, 0.2) is 0 Å². The number of benzene rings is 3. The van der Waals surface area contributed by atoms with Crippen LogP contribution in [0.25, 0.3) is 22.3 Å². The lowest BCUT2D eigenvalue weighted by Crippen LogP contribution is -2.35. The molecule has 0 bridgehead atoms. The van der Waals surface area contributed by atoms with Crippen molar-refractivity contribution in [2.24, 2.45) is 0 Å². The van der Waals surface area contributed by atoms with Crippen molar-refractivity contribution >= 4 is 59.3 Å². The Morgan fingerprint density at radius 3 is 2.17 bits per heavy atom. The van der Waals surface area contributed by atoms with Crippen molar-refractivity contribution in [3.05, 3.63) is 81.4 Å². The van der Waals surface area contributed by atoms with E-state index in [-0.39, 0.29) is 11.6 Å². The molecular weight excluding hydrogens is 613 g/mol. The van der Waals surface area contributed by atoms with Crippen LogP contribution >= 0.6 is 22.6 Å². The lowest BCUT2D eigenvalue weighted by atomic mass is 10.1. The summed E-state index contributed by atoms with van der Waals surface area (Å²) in [5.41, 5.74) is 3.17. The Bertz CT molecular complexity index is 1610. The van der Waals surface area contributed by atoms with Crippen LogP contribution in [0.4, 0.5) is 5.69 Å².